The van der Waals surface area contributed by atoms with Crippen molar-refractivity contribution in [1.82, 2.24) is 9.13 Å². The number of amides is 1. The summed E-state index contributed by atoms with van der Waals surface area (Å²) < 4.78 is 26.9. The Hall–Kier alpha value is -4.07. The lowest BCUT2D eigenvalue weighted by Crippen LogP contribution is -2.21. The molecular formula is C23H20FN3O4. The number of rotatable bonds is 6. The van der Waals surface area contributed by atoms with E-state index in [2.05, 4.69) is 5.32 Å². The van der Waals surface area contributed by atoms with E-state index in [1.807, 2.05) is 4.57 Å². The molecule has 8 heteroatoms. The average molecular weight is 421 g/mol. The van der Waals surface area contributed by atoms with Crippen molar-refractivity contribution in [2.24, 2.45) is 0 Å². The highest BCUT2D eigenvalue weighted by Gasteiger charge is 2.21. The Morgan fingerprint density at radius 3 is 2.45 bits per heavy atom. The Balaban J connectivity index is 1.71. The molecule has 31 heavy (non-hydrogen) atoms. The molecule has 0 fully saturated rings. The van der Waals surface area contributed by atoms with Gasteiger partial charge in [0.05, 0.1) is 30.9 Å². The maximum atomic E-state index is 13.3. The molecule has 0 aliphatic carbocycles. The van der Waals surface area contributed by atoms with Crippen molar-refractivity contribution in [3.63, 3.8) is 0 Å². The molecule has 7 nitrogen and oxygen atoms in total. The third-order valence-electron chi connectivity index (χ3n) is 4.94. The van der Waals surface area contributed by atoms with E-state index in [0.717, 1.165) is 5.69 Å². The summed E-state index contributed by atoms with van der Waals surface area (Å²) in [6, 6.07) is 16.5. The zero-order chi connectivity index (χ0) is 22.0. The van der Waals surface area contributed by atoms with E-state index in [9.17, 15) is 14.0 Å². The van der Waals surface area contributed by atoms with Crippen LogP contribution >= 0.6 is 0 Å². The first-order chi connectivity index (χ1) is 15.0. The number of esters is 1. The number of aromatic nitrogens is 2. The van der Waals surface area contributed by atoms with Gasteiger partial charge in [-0.15, -0.1) is 0 Å². The molecule has 2 heterocycles. The van der Waals surface area contributed by atoms with Gasteiger partial charge in [0.15, 0.2) is 0 Å². The van der Waals surface area contributed by atoms with Gasteiger partial charge in [0.2, 0.25) is 5.91 Å². The van der Waals surface area contributed by atoms with Crippen molar-refractivity contribution in [3.8, 4) is 11.4 Å². The van der Waals surface area contributed by atoms with Crippen LogP contribution < -0.4 is 10.1 Å². The van der Waals surface area contributed by atoms with E-state index in [-0.39, 0.29) is 24.0 Å². The fourth-order valence-electron chi connectivity index (χ4n) is 3.50. The van der Waals surface area contributed by atoms with Gasteiger partial charge in [-0.25, -0.2) is 9.18 Å². The first-order valence-electron chi connectivity index (χ1n) is 9.49. The van der Waals surface area contributed by atoms with Crippen LogP contribution in [-0.2, 0) is 16.1 Å². The monoisotopic (exact) mass is 421 g/mol. The van der Waals surface area contributed by atoms with Crippen molar-refractivity contribution in [2.75, 3.05) is 19.5 Å². The van der Waals surface area contributed by atoms with Gasteiger partial charge in [-0.1, -0.05) is 12.1 Å². The molecule has 0 aliphatic rings. The smallest absolute Gasteiger partial charge is 0.354 e. The normalized spacial score (nSPS) is 10.8. The number of carbonyl (C=O) groups excluding carboxylic acids is 2. The Labute approximate surface area is 177 Å². The minimum absolute atomic E-state index is 0.112. The number of hydrogen-bond acceptors (Lipinski definition) is 4. The molecule has 0 unspecified atom stereocenters. The molecule has 2 aromatic heterocycles. The van der Waals surface area contributed by atoms with Crippen molar-refractivity contribution >= 4 is 28.6 Å². The number of carbonyl (C=O) groups is 2. The first-order valence-corrected chi connectivity index (χ1v) is 9.49. The van der Waals surface area contributed by atoms with E-state index in [4.69, 9.17) is 9.47 Å². The summed E-state index contributed by atoms with van der Waals surface area (Å²) in [6.45, 7) is -0.112. The summed E-state index contributed by atoms with van der Waals surface area (Å²) in [6.07, 6.45) is 1.80. The lowest BCUT2D eigenvalue weighted by atomic mass is 10.3. The van der Waals surface area contributed by atoms with Crippen molar-refractivity contribution in [3.05, 3.63) is 78.4 Å². The Morgan fingerprint density at radius 2 is 1.74 bits per heavy atom. The maximum absolute atomic E-state index is 13.3. The summed E-state index contributed by atoms with van der Waals surface area (Å²) >= 11 is 0. The number of anilines is 1. The topological polar surface area (TPSA) is 74.5 Å². The van der Waals surface area contributed by atoms with Gasteiger partial charge in [-0.05, 0) is 48.5 Å². The zero-order valence-electron chi connectivity index (χ0n) is 17.0. The predicted molar refractivity (Wildman–Crippen MR) is 114 cm³/mol. The van der Waals surface area contributed by atoms with Crippen LogP contribution in [0, 0.1) is 5.82 Å². The van der Waals surface area contributed by atoms with Crippen LogP contribution in [0.25, 0.3) is 16.7 Å². The highest BCUT2D eigenvalue weighted by Crippen LogP contribution is 2.27. The minimum Gasteiger partial charge on any atom is -0.495 e. The van der Waals surface area contributed by atoms with Crippen LogP contribution in [0.5, 0.6) is 5.75 Å². The first kappa shape index (κ1) is 20.2. The number of benzene rings is 2. The number of nitrogens with one attached hydrogen (secondary N) is 1. The second-order valence-corrected chi connectivity index (χ2v) is 6.79. The van der Waals surface area contributed by atoms with Crippen molar-refractivity contribution in [1.29, 1.82) is 0 Å². The molecule has 158 valence electrons. The Bertz CT molecular complexity index is 1260. The quantitative estimate of drug-likeness (QED) is 0.478. The van der Waals surface area contributed by atoms with Gasteiger partial charge in [0.1, 0.15) is 23.8 Å². The number of nitrogens with zero attached hydrogens (tertiary/aromatic N) is 2. The average Bonchev–Trinajstić information content (AvgIpc) is 3.34. The molecule has 2 aromatic carbocycles. The van der Waals surface area contributed by atoms with Gasteiger partial charge in [-0.2, -0.15) is 0 Å². The van der Waals surface area contributed by atoms with E-state index in [1.54, 1.807) is 59.3 Å². The second-order valence-electron chi connectivity index (χ2n) is 6.79. The van der Waals surface area contributed by atoms with Gasteiger partial charge in [-0.3, -0.25) is 4.79 Å². The lowest BCUT2D eigenvalue weighted by Gasteiger charge is -2.12. The predicted octanol–water partition coefficient (Wildman–Crippen LogP) is 4.01. The Kier molecular flexibility index (Phi) is 5.44. The molecule has 0 atom stereocenters. The number of fused-ring (bicyclic) bond motifs is 1. The van der Waals surface area contributed by atoms with E-state index >= 15 is 0 Å². The molecule has 1 amide bonds. The standard InChI is InChI=1S/C23H20FN3O4/c1-30-21-6-4-3-5-17(21)25-22(28)14-27-18-11-12-26(16-9-7-15(24)8-10-16)19(18)13-20(27)23(29)31-2/h3-13H,14H2,1-2H3,(H,25,28). The van der Waals surface area contributed by atoms with Gasteiger partial charge in [0.25, 0.3) is 0 Å². The molecule has 0 saturated heterocycles. The number of para-hydroxylation sites is 2. The highest BCUT2D eigenvalue weighted by atomic mass is 19.1. The molecule has 0 spiro atoms. The van der Waals surface area contributed by atoms with Crippen LogP contribution in [0.15, 0.2) is 66.9 Å². The molecule has 4 aromatic rings. The second kappa shape index (κ2) is 8.35. The van der Waals surface area contributed by atoms with Crippen LogP contribution in [0.1, 0.15) is 10.5 Å². The number of hydrogen-bond donors (Lipinski definition) is 1. The maximum Gasteiger partial charge on any atom is 0.354 e. The van der Waals surface area contributed by atoms with E-state index in [1.165, 1.54) is 26.4 Å². The fourth-order valence-corrected chi connectivity index (χ4v) is 3.50. The fraction of sp³-hybridized carbons (Fsp3) is 0.130. The molecule has 0 saturated carbocycles. The largest absolute Gasteiger partial charge is 0.495 e. The summed E-state index contributed by atoms with van der Waals surface area (Å²) in [5.41, 5.74) is 2.85. The molecule has 0 bridgehead atoms. The lowest BCUT2D eigenvalue weighted by molar-refractivity contribution is -0.116. The summed E-state index contributed by atoms with van der Waals surface area (Å²) in [5, 5.41) is 2.81. The van der Waals surface area contributed by atoms with Crippen molar-refractivity contribution < 1.29 is 23.5 Å². The van der Waals surface area contributed by atoms with Crippen LogP contribution in [0.2, 0.25) is 0 Å². The van der Waals surface area contributed by atoms with E-state index in [0.29, 0.717) is 22.5 Å². The third kappa shape index (κ3) is 3.87. The molecule has 1 N–H and O–H groups in total. The SMILES string of the molecule is COC(=O)c1cc2c(ccn2-c2ccc(F)cc2)n1CC(=O)Nc1ccccc1OC. The van der Waals surface area contributed by atoms with Crippen molar-refractivity contribution in [2.45, 2.75) is 6.54 Å². The highest BCUT2D eigenvalue weighted by molar-refractivity contribution is 5.98. The number of halogens is 1. The molecule has 0 radical (unpaired) electrons. The van der Waals surface area contributed by atoms with Crippen LogP contribution in [0.3, 0.4) is 0 Å². The molecular weight excluding hydrogens is 401 g/mol. The van der Waals surface area contributed by atoms with Crippen LogP contribution in [0.4, 0.5) is 10.1 Å². The zero-order valence-corrected chi connectivity index (χ0v) is 17.0. The van der Waals surface area contributed by atoms with Gasteiger partial charge < -0.3 is 23.9 Å². The Morgan fingerprint density at radius 1 is 1.00 bits per heavy atom. The minimum atomic E-state index is -0.563. The van der Waals surface area contributed by atoms with Gasteiger partial charge in [0, 0.05) is 11.9 Å². The summed E-state index contributed by atoms with van der Waals surface area (Å²) in [5.74, 6) is -0.703. The molecule has 0 aliphatic heterocycles. The third-order valence-corrected chi connectivity index (χ3v) is 4.94. The summed E-state index contributed by atoms with van der Waals surface area (Å²) in [4.78, 5) is 25.2. The number of methoxy groups -OCH3 is 2. The molecule has 4 rings (SSSR count). The van der Waals surface area contributed by atoms with Crippen LogP contribution in [-0.4, -0.2) is 35.2 Å². The number of ether oxygens (including phenoxy) is 2. The van der Waals surface area contributed by atoms with Gasteiger partial charge >= 0.3 is 5.97 Å². The van der Waals surface area contributed by atoms with E-state index < -0.39 is 5.97 Å². The summed E-state index contributed by atoms with van der Waals surface area (Å²) in [7, 11) is 2.81.